The Hall–Kier alpha value is -2.66. The highest BCUT2D eigenvalue weighted by atomic mass is 19.4. The van der Waals surface area contributed by atoms with Crippen LogP contribution in [-0.4, -0.2) is 52.2 Å². The summed E-state index contributed by atoms with van der Waals surface area (Å²) in [5.41, 5.74) is 4.83. The maximum absolute atomic E-state index is 13.0. The largest absolute Gasteiger partial charge is 0.573 e. The smallest absolute Gasteiger partial charge is 0.406 e. The molecule has 2 aliphatic heterocycles. The van der Waals surface area contributed by atoms with Crippen LogP contribution in [0.2, 0.25) is 0 Å². The summed E-state index contributed by atoms with van der Waals surface area (Å²) in [7, 11) is 0. The van der Waals surface area contributed by atoms with Gasteiger partial charge in [0.05, 0.1) is 12.0 Å². The van der Waals surface area contributed by atoms with Gasteiger partial charge in [-0.15, -0.1) is 13.2 Å². The maximum atomic E-state index is 13.0. The van der Waals surface area contributed by atoms with Crippen molar-refractivity contribution in [3.05, 3.63) is 29.8 Å². The van der Waals surface area contributed by atoms with Crippen LogP contribution in [0.15, 0.2) is 24.3 Å². The van der Waals surface area contributed by atoms with E-state index in [4.69, 9.17) is 10.6 Å². The van der Waals surface area contributed by atoms with E-state index in [1.807, 2.05) is 0 Å². The zero-order valence-electron chi connectivity index (χ0n) is 15.9. The van der Waals surface area contributed by atoms with E-state index in [-0.39, 0.29) is 0 Å². The van der Waals surface area contributed by atoms with Crippen molar-refractivity contribution in [2.24, 2.45) is 11.7 Å². The van der Waals surface area contributed by atoms with Gasteiger partial charge < -0.3 is 10.5 Å². The average molecular weight is 415 g/mol. The van der Waals surface area contributed by atoms with Gasteiger partial charge >= 0.3 is 6.36 Å². The molecular formula is C18H20F3N3O5. The summed E-state index contributed by atoms with van der Waals surface area (Å²) >= 11 is 0. The first-order chi connectivity index (χ1) is 13.3. The number of alkyl halides is 3. The Morgan fingerprint density at radius 1 is 1.14 bits per heavy atom. The van der Waals surface area contributed by atoms with Gasteiger partial charge in [-0.25, -0.2) is 0 Å². The molecule has 29 heavy (non-hydrogen) atoms. The number of nitrogens with two attached hydrogens (primary N) is 1. The number of ether oxygens (including phenoxy) is 1. The van der Waals surface area contributed by atoms with Gasteiger partial charge in [0.2, 0.25) is 11.8 Å². The van der Waals surface area contributed by atoms with Crippen LogP contribution in [-0.2, 0) is 19.2 Å². The van der Waals surface area contributed by atoms with E-state index in [1.165, 1.54) is 12.1 Å². The minimum absolute atomic E-state index is 0.380. The van der Waals surface area contributed by atoms with E-state index in [0.717, 1.165) is 22.1 Å². The van der Waals surface area contributed by atoms with Crippen LogP contribution in [0.3, 0.4) is 0 Å². The number of nitrogens with zero attached hydrogens (tertiary/aromatic N) is 2. The van der Waals surface area contributed by atoms with Gasteiger partial charge in [0.1, 0.15) is 12.3 Å². The molecular weight excluding hydrogens is 395 g/mol. The topological polar surface area (TPSA) is 102 Å². The van der Waals surface area contributed by atoms with E-state index in [2.05, 4.69) is 4.74 Å². The van der Waals surface area contributed by atoms with Gasteiger partial charge in [-0.2, -0.15) is 5.06 Å². The van der Waals surface area contributed by atoms with Crippen molar-refractivity contribution in [3.63, 3.8) is 0 Å². The molecule has 8 nitrogen and oxygen atoms in total. The number of likely N-dealkylation sites (tertiary alicyclic amines) is 1. The maximum Gasteiger partial charge on any atom is 0.573 e. The number of hydrogen-bond donors (Lipinski definition) is 1. The fraction of sp³-hybridized carbons (Fsp3) is 0.500. The number of carbonyl (C=O) groups is 3. The third kappa shape index (κ3) is 4.06. The number of imide groups is 1. The molecule has 11 heteroatoms. The standard InChI is InChI=1S/C18H20F3N3O5/c1-17(2,3)24-15(26)12-13(23(8-11(22)25)29-14(12)16(24)27)9-4-6-10(7-5-9)28-18(19,20)21/h4-7,12-14H,8H2,1-3H3,(H2,22,25). The zero-order chi connectivity index (χ0) is 21.7. The second kappa shape index (κ2) is 6.99. The number of carbonyl (C=O) groups excluding carboxylic acids is 3. The lowest BCUT2D eigenvalue weighted by molar-refractivity contribution is -0.274. The molecule has 3 amide bonds. The fourth-order valence-electron chi connectivity index (χ4n) is 3.66. The number of rotatable bonds is 4. The molecule has 1 aromatic carbocycles. The molecule has 3 atom stereocenters. The monoisotopic (exact) mass is 415 g/mol. The first-order valence-electron chi connectivity index (χ1n) is 8.75. The van der Waals surface area contributed by atoms with E-state index in [0.29, 0.717) is 5.56 Å². The first kappa shape index (κ1) is 21.1. The van der Waals surface area contributed by atoms with E-state index in [9.17, 15) is 27.6 Å². The van der Waals surface area contributed by atoms with Crippen LogP contribution in [0.1, 0.15) is 32.4 Å². The second-order valence-corrected chi connectivity index (χ2v) is 7.84. The van der Waals surface area contributed by atoms with Crippen molar-refractivity contribution in [1.29, 1.82) is 0 Å². The third-order valence-electron chi connectivity index (χ3n) is 4.63. The van der Waals surface area contributed by atoms with Crippen molar-refractivity contribution in [2.75, 3.05) is 6.54 Å². The predicted octanol–water partition coefficient (Wildman–Crippen LogP) is 1.51. The van der Waals surface area contributed by atoms with Crippen LogP contribution in [0.4, 0.5) is 13.2 Å². The minimum Gasteiger partial charge on any atom is -0.406 e. The van der Waals surface area contributed by atoms with Crippen molar-refractivity contribution >= 4 is 17.7 Å². The highest BCUT2D eigenvalue weighted by Gasteiger charge is 2.61. The molecule has 0 saturated carbocycles. The summed E-state index contributed by atoms with van der Waals surface area (Å²) in [5, 5.41) is 1.13. The molecule has 1 aromatic rings. The Bertz CT molecular complexity index is 835. The van der Waals surface area contributed by atoms with Crippen LogP contribution in [0.5, 0.6) is 5.75 Å². The van der Waals surface area contributed by atoms with Crippen LogP contribution in [0, 0.1) is 5.92 Å². The number of amides is 3. The van der Waals surface area contributed by atoms with Gasteiger partial charge in [0.15, 0.2) is 6.10 Å². The lowest BCUT2D eigenvalue weighted by Gasteiger charge is -2.33. The van der Waals surface area contributed by atoms with E-state index >= 15 is 0 Å². The Balaban J connectivity index is 1.96. The lowest BCUT2D eigenvalue weighted by Crippen LogP contribution is -2.48. The summed E-state index contributed by atoms with van der Waals surface area (Å²) in [6.07, 6.45) is -5.99. The van der Waals surface area contributed by atoms with Crippen LogP contribution >= 0.6 is 0 Å². The molecule has 0 aromatic heterocycles. The van der Waals surface area contributed by atoms with E-state index in [1.54, 1.807) is 20.8 Å². The van der Waals surface area contributed by atoms with Crippen LogP contribution in [0.25, 0.3) is 0 Å². The highest BCUT2D eigenvalue weighted by Crippen LogP contribution is 2.46. The molecule has 2 N–H and O–H groups in total. The molecule has 2 aliphatic rings. The number of benzene rings is 1. The Morgan fingerprint density at radius 2 is 1.72 bits per heavy atom. The Labute approximate surface area is 164 Å². The minimum atomic E-state index is -4.85. The molecule has 3 rings (SSSR count). The average Bonchev–Trinajstić information content (AvgIpc) is 3.02. The van der Waals surface area contributed by atoms with E-state index < -0.39 is 60.0 Å². The molecule has 2 fully saturated rings. The number of primary amides is 1. The normalized spacial score (nSPS) is 25.4. The van der Waals surface area contributed by atoms with Gasteiger partial charge in [-0.1, -0.05) is 12.1 Å². The van der Waals surface area contributed by atoms with Crippen molar-refractivity contribution in [2.45, 2.75) is 44.8 Å². The summed E-state index contributed by atoms with van der Waals surface area (Å²) in [6.45, 7) is 4.70. The summed E-state index contributed by atoms with van der Waals surface area (Å²) in [5.74, 6) is -3.18. The molecule has 3 unspecified atom stereocenters. The first-order valence-corrected chi connectivity index (χ1v) is 8.75. The van der Waals surface area contributed by atoms with Gasteiger partial charge in [-0.3, -0.25) is 24.1 Å². The number of hydrogen-bond acceptors (Lipinski definition) is 6. The number of halogens is 3. The molecule has 2 heterocycles. The summed E-state index contributed by atoms with van der Waals surface area (Å²) < 4.78 is 41.0. The molecule has 0 bridgehead atoms. The molecule has 0 aliphatic carbocycles. The number of hydroxylamine groups is 2. The highest BCUT2D eigenvalue weighted by molar-refractivity contribution is 6.08. The van der Waals surface area contributed by atoms with Crippen LogP contribution < -0.4 is 10.5 Å². The van der Waals surface area contributed by atoms with Gasteiger partial charge in [0.25, 0.3) is 5.91 Å². The summed E-state index contributed by atoms with van der Waals surface area (Å²) in [6, 6.07) is 3.94. The van der Waals surface area contributed by atoms with Gasteiger partial charge in [0, 0.05) is 5.54 Å². The Morgan fingerprint density at radius 3 is 2.21 bits per heavy atom. The van der Waals surface area contributed by atoms with Crippen molar-refractivity contribution in [1.82, 2.24) is 9.96 Å². The van der Waals surface area contributed by atoms with Crippen molar-refractivity contribution < 1.29 is 37.1 Å². The molecule has 0 spiro atoms. The van der Waals surface area contributed by atoms with Crippen molar-refractivity contribution in [3.8, 4) is 5.75 Å². The SMILES string of the molecule is CC(C)(C)N1C(=O)C2ON(CC(N)=O)C(c3ccc(OC(F)(F)F)cc3)C2C1=O. The fourth-order valence-corrected chi connectivity index (χ4v) is 3.66. The van der Waals surface area contributed by atoms with Gasteiger partial charge in [-0.05, 0) is 38.5 Å². The summed E-state index contributed by atoms with van der Waals surface area (Å²) in [4.78, 5) is 43.9. The predicted molar refractivity (Wildman–Crippen MR) is 91.7 cm³/mol. The molecule has 0 radical (unpaired) electrons. The zero-order valence-corrected chi connectivity index (χ0v) is 15.9. The lowest BCUT2D eigenvalue weighted by atomic mass is 9.90. The quantitative estimate of drug-likeness (QED) is 0.748. The second-order valence-electron chi connectivity index (χ2n) is 7.84. The number of fused-ring (bicyclic) bond motifs is 1. The molecule has 2 saturated heterocycles. The third-order valence-corrected chi connectivity index (χ3v) is 4.63. The molecule has 158 valence electrons. The Kier molecular flexibility index (Phi) is 5.08.